The van der Waals surface area contributed by atoms with Gasteiger partial charge in [-0.2, -0.15) is 12.5 Å². The summed E-state index contributed by atoms with van der Waals surface area (Å²) in [5.74, 6) is 2.23. The molecule has 1 aliphatic rings. The number of rotatable bonds is 10. The van der Waals surface area contributed by atoms with Crippen LogP contribution in [-0.2, 0) is 25.8 Å². The summed E-state index contributed by atoms with van der Waals surface area (Å²) in [4.78, 5) is 0. The summed E-state index contributed by atoms with van der Waals surface area (Å²) in [5, 5.41) is 5.51. The maximum Gasteiger partial charge on any atom is 4.00 e. The number of fused-ring (bicyclic) bond motifs is 2. The quantitative estimate of drug-likeness (QED) is 0.104. The molecule has 0 bridgehead atoms. The van der Waals surface area contributed by atoms with E-state index in [1.807, 2.05) is 0 Å². The van der Waals surface area contributed by atoms with E-state index in [1.54, 1.807) is 0 Å². The Bertz CT molecular complexity index is 1710. The van der Waals surface area contributed by atoms with E-state index in [0.29, 0.717) is 15.4 Å². The molecule has 6 rings (SSSR count). The van der Waals surface area contributed by atoms with Gasteiger partial charge in [-0.1, -0.05) is 71.8 Å². The first-order chi connectivity index (χ1) is 20.4. The van der Waals surface area contributed by atoms with Crippen LogP contribution in [0.4, 0.5) is 0 Å². The van der Waals surface area contributed by atoms with Gasteiger partial charge in [0.1, 0.15) is 11.5 Å². The Balaban J connectivity index is 0.00000184. The van der Waals surface area contributed by atoms with Crippen molar-refractivity contribution in [3.8, 4) is 33.8 Å². The van der Waals surface area contributed by atoms with Gasteiger partial charge >= 0.3 is 25.8 Å². The summed E-state index contributed by atoms with van der Waals surface area (Å²) in [5.41, 5.74) is 7.79. The first kappa shape index (κ1) is 36.4. The van der Waals surface area contributed by atoms with Gasteiger partial charge in [0.15, 0.2) is 0 Å². The van der Waals surface area contributed by atoms with Crippen LogP contribution in [0.2, 0.25) is 0 Å². The van der Waals surface area contributed by atoms with Crippen LogP contribution in [-0.4, -0.2) is 21.7 Å². The Morgan fingerprint density at radius 1 is 0.756 bits per heavy atom. The third-order valence-electron chi connectivity index (χ3n) is 7.80. The predicted octanol–water partition coefficient (Wildman–Crippen LogP) is 10.4. The first-order valence-corrected chi connectivity index (χ1v) is 16.0. The standard InChI is InChI=1S/C39H38O2Si.2CH3.Hf/c1-6-9-36-35-13-8-12-34(28-16-20-31(21-17-28)41-26(4)5)38(35)24-39(36)42-32-22-29-10-7-11-33(37(29)23-32)27-14-18-30(19-15-27)40-25(2)3;;;/h7-8,10-26,36H,1,6,9H2,2-5H3;2*1H3;/q-2;2*-1;+4. The van der Waals surface area contributed by atoms with E-state index in [-0.39, 0.29) is 52.9 Å². The number of allylic oxidation sites excluding steroid dienone is 1. The molecule has 0 amide bonds. The second-order valence-electron chi connectivity index (χ2n) is 11.7. The molecular weight excluding hydrogens is 731 g/mol. The second-order valence-corrected chi connectivity index (χ2v) is 13.1. The van der Waals surface area contributed by atoms with Gasteiger partial charge in [0, 0.05) is 0 Å². The molecule has 0 fully saturated rings. The Morgan fingerprint density at radius 3 is 1.89 bits per heavy atom. The van der Waals surface area contributed by atoms with E-state index < -0.39 is 0 Å². The van der Waals surface area contributed by atoms with Gasteiger partial charge in [-0.15, -0.1) is 34.2 Å². The van der Waals surface area contributed by atoms with Gasteiger partial charge < -0.3 is 31.3 Å². The molecule has 0 spiro atoms. The molecule has 5 aromatic rings. The maximum absolute atomic E-state index is 5.89. The normalized spacial score (nSPS) is 13.5. The van der Waals surface area contributed by atoms with Crippen molar-refractivity contribution in [1.29, 1.82) is 0 Å². The smallest absolute Gasteiger partial charge is 0.491 e. The molecule has 0 saturated carbocycles. The van der Waals surface area contributed by atoms with Crippen molar-refractivity contribution in [2.24, 2.45) is 0 Å². The molecule has 0 saturated heterocycles. The van der Waals surface area contributed by atoms with Crippen LogP contribution in [0.5, 0.6) is 11.5 Å². The minimum atomic E-state index is 0. The van der Waals surface area contributed by atoms with E-state index in [2.05, 4.69) is 138 Å². The first-order valence-electron chi connectivity index (χ1n) is 15.0. The Kier molecular flexibility index (Phi) is 12.9. The van der Waals surface area contributed by atoms with Crippen LogP contribution in [0.1, 0.15) is 57.6 Å². The summed E-state index contributed by atoms with van der Waals surface area (Å²) in [6.45, 7) is 12.5. The molecule has 2 nitrogen and oxygen atoms in total. The van der Waals surface area contributed by atoms with E-state index in [9.17, 15) is 0 Å². The molecule has 45 heavy (non-hydrogen) atoms. The van der Waals surface area contributed by atoms with Crippen LogP contribution in [0, 0.1) is 21.8 Å². The summed E-state index contributed by atoms with van der Waals surface area (Å²) < 4.78 is 11.8. The topological polar surface area (TPSA) is 18.5 Å². The van der Waals surface area contributed by atoms with Gasteiger partial charge in [0.2, 0.25) is 0 Å². The number of ether oxygens (including phenoxy) is 2. The van der Waals surface area contributed by atoms with Gasteiger partial charge in [0.25, 0.3) is 0 Å². The van der Waals surface area contributed by atoms with Crippen molar-refractivity contribution in [1.82, 2.24) is 0 Å². The fourth-order valence-corrected chi connectivity index (χ4v) is 7.53. The molecule has 4 heteroatoms. The van der Waals surface area contributed by atoms with Gasteiger partial charge in [-0.25, -0.2) is 0 Å². The van der Waals surface area contributed by atoms with Crippen LogP contribution in [0.15, 0.2) is 102 Å². The van der Waals surface area contributed by atoms with Crippen molar-refractivity contribution >= 4 is 31.6 Å². The summed E-state index contributed by atoms with van der Waals surface area (Å²) >= 11 is 0. The third-order valence-corrected chi connectivity index (χ3v) is 9.16. The molecule has 5 aromatic carbocycles. The molecular formula is C41H44HfO2Si. The Morgan fingerprint density at radius 2 is 1.31 bits per heavy atom. The molecule has 1 atom stereocenters. The SMILES string of the molecule is [CH2-]CCC1C([Si]c2cc3c(-c4ccc(OC(C)C)cc4)cccc3[cH-]2)=Cc2c(-c3ccc(OC(C)C)cc3)cccc21.[CH3-].[CH3-].[Hf+4]. The van der Waals surface area contributed by atoms with Crippen molar-refractivity contribution < 1.29 is 35.3 Å². The van der Waals surface area contributed by atoms with Crippen LogP contribution >= 0.6 is 0 Å². The van der Waals surface area contributed by atoms with E-state index in [1.165, 1.54) is 54.5 Å². The van der Waals surface area contributed by atoms with E-state index in [4.69, 9.17) is 9.47 Å². The maximum atomic E-state index is 5.89. The number of benzene rings is 4. The average Bonchev–Trinajstić information content (AvgIpc) is 3.54. The van der Waals surface area contributed by atoms with Crippen molar-refractivity contribution in [3.05, 3.63) is 135 Å². The fourth-order valence-electron chi connectivity index (χ4n) is 6.06. The zero-order chi connectivity index (χ0) is 29.2. The molecule has 0 aromatic heterocycles. The number of hydrogen-bond acceptors (Lipinski definition) is 2. The van der Waals surface area contributed by atoms with Crippen molar-refractivity contribution in [2.45, 2.75) is 58.7 Å². The van der Waals surface area contributed by atoms with Crippen LogP contribution in [0.25, 0.3) is 39.1 Å². The molecule has 2 radical (unpaired) electrons. The van der Waals surface area contributed by atoms with Gasteiger partial charge in [0.05, 0.1) is 21.7 Å². The molecule has 228 valence electrons. The monoisotopic (exact) mass is 776 g/mol. The molecule has 1 aliphatic carbocycles. The molecule has 0 N–H and O–H groups in total. The predicted molar refractivity (Wildman–Crippen MR) is 192 cm³/mol. The van der Waals surface area contributed by atoms with Gasteiger partial charge in [-0.3, -0.25) is 0 Å². The fraction of sp³-hybridized carbons (Fsp3) is 0.220. The minimum Gasteiger partial charge on any atom is -0.491 e. The molecule has 1 unspecified atom stereocenters. The van der Waals surface area contributed by atoms with Crippen molar-refractivity contribution in [2.75, 3.05) is 0 Å². The Labute approximate surface area is 292 Å². The summed E-state index contributed by atoms with van der Waals surface area (Å²) in [7, 11) is 0.619. The zero-order valence-corrected chi connectivity index (χ0v) is 32.1. The van der Waals surface area contributed by atoms with E-state index >= 15 is 0 Å². The molecule has 0 heterocycles. The zero-order valence-electron chi connectivity index (χ0n) is 27.5. The minimum absolute atomic E-state index is 0. The molecule has 0 aliphatic heterocycles. The summed E-state index contributed by atoms with van der Waals surface area (Å²) in [6.07, 6.45) is 4.78. The van der Waals surface area contributed by atoms with Gasteiger partial charge in [-0.05, 0) is 85.7 Å². The number of hydrogen-bond donors (Lipinski definition) is 0. The average molecular weight is 775 g/mol. The van der Waals surface area contributed by atoms with Crippen LogP contribution in [0.3, 0.4) is 0 Å². The Hall–Kier alpha value is -3.08. The van der Waals surface area contributed by atoms with Crippen LogP contribution < -0.4 is 14.7 Å². The summed E-state index contributed by atoms with van der Waals surface area (Å²) in [6, 6.07) is 35.2. The largest absolute Gasteiger partial charge is 4.00 e. The second kappa shape index (κ2) is 16.0. The third kappa shape index (κ3) is 8.02. The van der Waals surface area contributed by atoms with Crippen molar-refractivity contribution in [3.63, 3.8) is 0 Å². The van der Waals surface area contributed by atoms with E-state index in [0.717, 1.165) is 24.3 Å².